The SMILES string of the molecule is CCS[C@H]1CC(=O)N(c2ccc(C)cc2C)C1=O. The van der Waals surface area contributed by atoms with Crippen molar-refractivity contribution in [3.05, 3.63) is 29.3 Å². The third-order valence-electron chi connectivity index (χ3n) is 3.07. The number of carbonyl (C=O) groups excluding carboxylic acids is 2. The lowest BCUT2D eigenvalue weighted by Crippen LogP contribution is -2.31. The molecule has 4 heteroatoms. The molecule has 0 radical (unpaired) electrons. The first-order chi connectivity index (χ1) is 8.54. The average Bonchev–Trinajstić information content (AvgIpc) is 2.56. The van der Waals surface area contributed by atoms with Crippen LogP contribution < -0.4 is 4.90 Å². The molecule has 1 heterocycles. The molecule has 0 spiro atoms. The zero-order valence-corrected chi connectivity index (χ0v) is 11.7. The summed E-state index contributed by atoms with van der Waals surface area (Å²) in [7, 11) is 0. The Balaban J connectivity index is 2.33. The van der Waals surface area contributed by atoms with Gasteiger partial charge in [-0.05, 0) is 31.2 Å². The van der Waals surface area contributed by atoms with Gasteiger partial charge in [0.25, 0.3) is 0 Å². The Bertz CT molecular complexity index is 499. The lowest BCUT2D eigenvalue weighted by molar-refractivity contribution is -0.121. The van der Waals surface area contributed by atoms with Crippen LogP contribution in [0.1, 0.15) is 24.5 Å². The topological polar surface area (TPSA) is 37.4 Å². The van der Waals surface area contributed by atoms with E-state index in [0.717, 1.165) is 22.6 Å². The molecule has 1 aliphatic heterocycles. The van der Waals surface area contributed by atoms with Crippen LogP contribution in [0.5, 0.6) is 0 Å². The predicted octanol–water partition coefficient (Wildman–Crippen LogP) is 2.69. The fraction of sp³-hybridized carbons (Fsp3) is 0.429. The van der Waals surface area contributed by atoms with Crippen LogP contribution in [0.2, 0.25) is 0 Å². The van der Waals surface area contributed by atoms with E-state index in [9.17, 15) is 9.59 Å². The normalized spacial score (nSPS) is 19.7. The summed E-state index contributed by atoms with van der Waals surface area (Å²) in [5, 5.41) is -0.205. The highest BCUT2D eigenvalue weighted by Crippen LogP contribution is 2.31. The molecule has 2 rings (SSSR count). The lowest BCUT2D eigenvalue weighted by Gasteiger charge is -2.17. The van der Waals surface area contributed by atoms with Crippen LogP contribution in [-0.2, 0) is 9.59 Å². The van der Waals surface area contributed by atoms with E-state index < -0.39 is 0 Å². The molecule has 1 aromatic rings. The van der Waals surface area contributed by atoms with Crippen LogP contribution in [0, 0.1) is 13.8 Å². The minimum Gasteiger partial charge on any atom is -0.274 e. The van der Waals surface area contributed by atoms with Crippen LogP contribution in [0.25, 0.3) is 0 Å². The van der Waals surface area contributed by atoms with Crippen molar-refractivity contribution in [2.24, 2.45) is 0 Å². The number of thioether (sulfide) groups is 1. The zero-order valence-electron chi connectivity index (χ0n) is 10.9. The largest absolute Gasteiger partial charge is 0.274 e. The van der Waals surface area contributed by atoms with Crippen molar-refractivity contribution in [3.63, 3.8) is 0 Å². The van der Waals surface area contributed by atoms with E-state index in [2.05, 4.69) is 0 Å². The maximum absolute atomic E-state index is 12.2. The molecule has 1 aliphatic rings. The highest BCUT2D eigenvalue weighted by atomic mass is 32.2. The lowest BCUT2D eigenvalue weighted by atomic mass is 10.1. The number of rotatable bonds is 3. The molecular weight excluding hydrogens is 246 g/mol. The molecule has 0 aliphatic carbocycles. The Morgan fingerprint density at radius 1 is 1.33 bits per heavy atom. The van der Waals surface area contributed by atoms with Crippen LogP contribution in [-0.4, -0.2) is 22.8 Å². The summed E-state index contributed by atoms with van der Waals surface area (Å²) in [6.45, 7) is 5.94. The maximum Gasteiger partial charge on any atom is 0.247 e. The van der Waals surface area contributed by atoms with Crippen molar-refractivity contribution in [2.45, 2.75) is 32.4 Å². The van der Waals surface area contributed by atoms with Crippen molar-refractivity contribution in [3.8, 4) is 0 Å². The molecule has 1 fully saturated rings. The van der Waals surface area contributed by atoms with Gasteiger partial charge in [0.1, 0.15) is 0 Å². The maximum atomic E-state index is 12.2. The van der Waals surface area contributed by atoms with Crippen LogP contribution in [0.4, 0.5) is 5.69 Å². The van der Waals surface area contributed by atoms with Gasteiger partial charge in [-0.3, -0.25) is 9.59 Å². The molecule has 2 amide bonds. The molecule has 0 aromatic heterocycles. The van der Waals surface area contributed by atoms with Crippen LogP contribution >= 0.6 is 11.8 Å². The van der Waals surface area contributed by atoms with E-state index in [1.807, 2.05) is 39.0 Å². The molecule has 0 saturated carbocycles. The Morgan fingerprint density at radius 2 is 2.06 bits per heavy atom. The van der Waals surface area contributed by atoms with Gasteiger partial charge in [0.15, 0.2) is 0 Å². The summed E-state index contributed by atoms with van der Waals surface area (Å²) in [5.41, 5.74) is 2.84. The Labute approximate surface area is 112 Å². The van der Waals surface area contributed by atoms with Gasteiger partial charge in [-0.2, -0.15) is 0 Å². The molecule has 0 bridgehead atoms. The Kier molecular flexibility index (Phi) is 3.76. The zero-order chi connectivity index (χ0) is 13.3. The molecule has 96 valence electrons. The van der Waals surface area contributed by atoms with Gasteiger partial charge in [0.05, 0.1) is 10.9 Å². The third-order valence-corrected chi connectivity index (χ3v) is 4.17. The summed E-state index contributed by atoms with van der Waals surface area (Å²) < 4.78 is 0. The minimum absolute atomic E-state index is 0.0706. The van der Waals surface area contributed by atoms with E-state index in [-0.39, 0.29) is 17.1 Å². The van der Waals surface area contributed by atoms with E-state index in [1.54, 1.807) is 11.8 Å². The number of aryl methyl sites for hydroxylation is 2. The average molecular weight is 263 g/mol. The smallest absolute Gasteiger partial charge is 0.247 e. The van der Waals surface area contributed by atoms with Gasteiger partial charge in [-0.25, -0.2) is 4.90 Å². The summed E-state index contributed by atoms with van der Waals surface area (Å²) in [6, 6.07) is 5.79. The number of hydrogen-bond acceptors (Lipinski definition) is 3. The van der Waals surface area contributed by atoms with Crippen molar-refractivity contribution in [1.82, 2.24) is 0 Å². The number of hydrogen-bond donors (Lipinski definition) is 0. The van der Waals surface area contributed by atoms with Crippen LogP contribution in [0.15, 0.2) is 18.2 Å². The van der Waals surface area contributed by atoms with Crippen molar-refractivity contribution >= 4 is 29.3 Å². The number of imide groups is 1. The summed E-state index contributed by atoms with van der Waals surface area (Å²) in [5.74, 6) is 0.696. The minimum atomic E-state index is -0.205. The first-order valence-electron chi connectivity index (χ1n) is 6.10. The Morgan fingerprint density at radius 3 is 2.67 bits per heavy atom. The standard InChI is InChI=1S/C14H17NO2S/c1-4-18-12-8-13(16)15(14(12)17)11-6-5-9(2)7-10(11)3/h5-7,12H,4,8H2,1-3H3/t12-/m0/s1. The molecule has 1 atom stereocenters. The third kappa shape index (κ3) is 2.29. The van der Waals surface area contributed by atoms with E-state index in [1.165, 1.54) is 4.90 Å². The highest BCUT2D eigenvalue weighted by molar-refractivity contribution is 8.00. The van der Waals surface area contributed by atoms with Gasteiger partial charge >= 0.3 is 0 Å². The van der Waals surface area contributed by atoms with E-state index in [0.29, 0.717) is 6.42 Å². The second-order valence-corrected chi connectivity index (χ2v) is 5.99. The second kappa shape index (κ2) is 5.14. The molecule has 1 aromatic carbocycles. The summed E-state index contributed by atoms with van der Waals surface area (Å²) in [6.07, 6.45) is 0.324. The van der Waals surface area contributed by atoms with Gasteiger partial charge in [0, 0.05) is 6.42 Å². The molecule has 18 heavy (non-hydrogen) atoms. The number of amides is 2. The fourth-order valence-corrected chi connectivity index (χ4v) is 3.16. The molecule has 1 saturated heterocycles. The van der Waals surface area contributed by atoms with E-state index in [4.69, 9.17) is 0 Å². The molecule has 0 unspecified atom stereocenters. The number of anilines is 1. The highest BCUT2D eigenvalue weighted by Gasteiger charge is 2.39. The van der Waals surface area contributed by atoms with Gasteiger partial charge in [-0.1, -0.05) is 24.6 Å². The van der Waals surface area contributed by atoms with Crippen molar-refractivity contribution in [2.75, 3.05) is 10.7 Å². The number of benzene rings is 1. The second-order valence-electron chi connectivity index (χ2n) is 4.51. The molecule has 3 nitrogen and oxygen atoms in total. The monoisotopic (exact) mass is 263 g/mol. The summed E-state index contributed by atoms with van der Waals surface area (Å²) in [4.78, 5) is 25.6. The Hall–Kier alpha value is -1.29. The molecular formula is C14H17NO2S. The first-order valence-corrected chi connectivity index (χ1v) is 7.15. The number of carbonyl (C=O) groups is 2. The predicted molar refractivity (Wildman–Crippen MR) is 74.9 cm³/mol. The van der Waals surface area contributed by atoms with Gasteiger partial charge < -0.3 is 0 Å². The van der Waals surface area contributed by atoms with Crippen molar-refractivity contribution < 1.29 is 9.59 Å². The summed E-state index contributed by atoms with van der Waals surface area (Å²) >= 11 is 1.55. The van der Waals surface area contributed by atoms with Crippen LogP contribution in [0.3, 0.4) is 0 Å². The van der Waals surface area contributed by atoms with Gasteiger partial charge in [-0.15, -0.1) is 11.8 Å². The fourth-order valence-electron chi connectivity index (χ4n) is 2.24. The quantitative estimate of drug-likeness (QED) is 0.787. The van der Waals surface area contributed by atoms with Crippen molar-refractivity contribution in [1.29, 1.82) is 0 Å². The first kappa shape index (κ1) is 13.1. The number of nitrogens with zero attached hydrogens (tertiary/aromatic N) is 1. The molecule has 0 N–H and O–H groups in total. The van der Waals surface area contributed by atoms with Gasteiger partial charge in [0.2, 0.25) is 11.8 Å². The van der Waals surface area contributed by atoms with E-state index >= 15 is 0 Å².